The van der Waals surface area contributed by atoms with E-state index in [1.807, 2.05) is 56.3 Å². The average molecular weight is 462 g/mol. The Hall–Kier alpha value is -3.54. The number of rotatable bonds is 7. The third-order valence-corrected chi connectivity index (χ3v) is 6.77. The Balaban J connectivity index is 1.51. The third-order valence-electron chi connectivity index (χ3n) is 6.77. The molecular weight excluding hydrogens is 433 g/mol. The quantitative estimate of drug-likeness (QED) is 0.261. The van der Waals surface area contributed by atoms with Gasteiger partial charge in [0.15, 0.2) is 0 Å². The molecule has 5 aromatic rings. The van der Waals surface area contributed by atoms with Crippen LogP contribution in [0.2, 0.25) is 0 Å². The molecule has 175 valence electrons. The van der Waals surface area contributed by atoms with Crippen molar-refractivity contribution in [3.05, 3.63) is 91.0 Å². The zero-order valence-corrected chi connectivity index (χ0v) is 20.5. The summed E-state index contributed by atoms with van der Waals surface area (Å²) in [7, 11) is 1.70. The Labute approximate surface area is 206 Å². The average Bonchev–Trinajstić information content (AvgIpc) is 3.20. The Morgan fingerprint density at radius 1 is 0.743 bits per heavy atom. The number of nitrogens with one attached hydrogen (secondary N) is 1. The highest BCUT2D eigenvalue weighted by atomic mass is 16.5. The topological polar surface area (TPSA) is 54.6 Å². The smallest absolute Gasteiger partial charge is 0.333 e. The molecule has 1 heterocycles. The molecule has 0 unspecified atom stereocenters. The summed E-state index contributed by atoms with van der Waals surface area (Å²) in [5, 5.41) is 16.2. The van der Waals surface area contributed by atoms with Gasteiger partial charge < -0.3 is 19.5 Å². The molecule has 0 amide bonds. The Morgan fingerprint density at radius 2 is 1.40 bits per heavy atom. The van der Waals surface area contributed by atoms with Crippen LogP contribution in [0.15, 0.2) is 95.4 Å². The van der Waals surface area contributed by atoms with E-state index < -0.39 is 11.2 Å². The van der Waals surface area contributed by atoms with Gasteiger partial charge in [0.25, 0.3) is 0 Å². The number of hydrogen-bond donors (Lipinski definition) is 2. The van der Waals surface area contributed by atoms with E-state index in [9.17, 15) is 5.11 Å². The molecule has 0 atom stereocenters. The number of aliphatic hydroxyl groups is 1. The molecule has 1 radical (unpaired) electrons. The van der Waals surface area contributed by atoms with Gasteiger partial charge in [-0.15, -0.1) is 0 Å². The lowest BCUT2D eigenvalue weighted by Gasteiger charge is -2.37. The lowest BCUT2D eigenvalue weighted by atomic mass is 9.81. The lowest BCUT2D eigenvalue weighted by Crippen LogP contribution is -2.49. The van der Waals surface area contributed by atoms with Crippen LogP contribution in [0.3, 0.4) is 0 Å². The van der Waals surface area contributed by atoms with Gasteiger partial charge >= 0.3 is 7.48 Å². The summed E-state index contributed by atoms with van der Waals surface area (Å²) >= 11 is 0. The Morgan fingerprint density at radius 3 is 2.11 bits per heavy atom. The highest BCUT2D eigenvalue weighted by molar-refractivity contribution is 6.50. The van der Waals surface area contributed by atoms with Crippen molar-refractivity contribution in [3.63, 3.8) is 0 Å². The van der Waals surface area contributed by atoms with E-state index in [1.165, 1.54) is 5.56 Å². The van der Waals surface area contributed by atoms with Crippen LogP contribution in [-0.4, -0.2) is 23.8 Å². The van der Waals surface area contributed by atoms with E-state index in [-0.39, 0.29) is 0 Å². The fraction of sp³-hybridized carbons (Fsp3) is 0.200. The van der Waals surface area contributed by atoms with Gasteiger partial charge in [-0.2, -0.15) is 0 Å². The molecule has 0 saturated heterocycles. The highest BCUT2D eigenvalue weighted by Crippen LogP contribution is 2.32. The number of benzene rings is 4. The van der Waals surface area contributed by atoms with Gasteiger partial charge in [0.2, 0.25) is 0 Å². The van der Waals surface area contributed by atoms with Crippen LogP contribution in [0.25, 0.3) is 33.1 Å². The summed E-state index contributed by atoms with van der Waals surface area (Å²) in [4.78, 5) is 0. The second-order valence-corrected chi connectivity index (χ2v) is 9.91. The van der Waals surface area contributed by atoms with Crippen molar-refractivity contribution in [3.8, 4) is 11.1 Å². The van der Waals surface area contributed by atoms with Crippen LogP contribution in [0.4, 0.5) is 11.4 Å². The van der Waals surface area contributed by atoms with Crippen LogP contribution in [0, 0.1) is 0 Å². The van der Waals surface area contributed by atoms with Gasteiger partial charge in [-0.1, -0.05) is 60.7 Å². The van der Waals surface area contributed by atoms with Gasteiger partial charge in [-0.3, -0.25) is 0 Å². The Bertz CT molecular complexity index is 1470. The van der Waals surface area contributed by atoms with Crippen LogP contribution < -0.4 is 10.8 Å². The molecule has 0 bridgehead atoms. The predicted molar refractivity (Wildman–Crippen MR) is 146 cm³/mol. The summed E-state index contributed by atoms with van der Waals surface area (Å²) < 4.78 is 12.2. The van der Waals surface area contributed by atoms with Crippen molar-refractivity contribution in [1.29, 1.82) is 0 Å². The molecule has 0 fully saturated rings. The van der Waals surface area contributed by atoms with Crippen molar-refractivity contribution >= 4 is 46.3 Å². The largest absolute Gasteiger partial charge is 0.456 e. The van der Waals surface area contributed by atoms with Crippen LogP contribution in [-0.2, 0) is 4.65 Å². The van der Waals surface area contributed by atoms with Crippen molar-refractivity contribution in [2.45, 2.75) is 38.9 Å². The predicted octanol–water partition coefficient (Wildman–Crippen LogP) is 6.81. The van der Waals surface area contributed by atoms with Gasteiger partial charge in [-0.25, -0.2) is 0 Å². The Kier molecular flexibility index (Phi) is 5.91. The summed E-state index contributed by atoms with van der Waals surface area (Å²) in [6.07, 6.45) is 0. The number of anilines is 2. The molecule has 2 N–H and O–H groups in total. The maximum atomic E-state index is 10.5. The molecule has 0 aliphatic heterocycles. The maximum absolute atomic E-state index is 10.5. The molecular formula is C30H29BNO3. The molecule has 0 saturated carbocycles. The minimum Gasteiger partial charge on any atom is -0.456 e. The van der Waals surface area contributed by atoms with Crippen molar-refractivity contribution in [1.82, 2.24) is 0 Å². The number of para-hydroxylation sites is 1. The van der Waals surface area contributed by atoms with E-state index in [4.69, 9.17) is 9.07 Å². The van der Waals surface area contributed by atoms with Gasteiger partial charge in [-0.05, 0) is 74.6 Å². The fourth-order valence-corrected chi connectivity index (χ4v) is 3.88. The first-order chi connectivity index (χ1) is 16.7. The fourth-order valence-electron chi connectivity index (χ4n) is 3.88. The molecule has 0 aliphatic carbocycles. The van der Waals surface area contributed by atoms with E-state index in [0.717, 1.165) is 44.3 Å². The van der Waals surface area contributed by atoms with Crippen molar-refractivity contribution in [2.24, 2.45) is 0 Å². The molecule has 5 rings (SSSR count). The van der Waals surface area contributed by atoms with Gasteiger partial charge in [0.05, 0.1) is 11.2 Å². The minimum atomic E-state index is -1.02. The first-order valence-corrected chi connectivity index (χ1v) is 11.8. The molecule has 0 aliphatic rings. The molecule has 5 heteroatoms. The van der Waals surface area contributed by atoms with Crippen molar-refractivity contribution in [2.75, 3.05) is 5.32 Å². The van der Waals surface area contributed by atoms with Crippen LogP contribution in [0.5, 0.6) is 0 Å². The monoisotopic (exact) mass is 462 g/mol. The lowest BCUT2D eigenvalue weighted by molar-refractivity contribution is -0.0893. The van der Waals surface area contributed by atoms with E-state index >= 15 is 0 Å². The first kappa shape index (κ1) is 23.2. The summed E-state index contributed by atoms with van der Waals surface area (Å²) in [6.45, 7) is 7.24. The zero-order chi connectivity index (χ0) is 24.6. The van der Waals surface area contributed by atoms with Gasteiger partial charge in [0, 0.05) is 22.1 Å². The number of hydrogen-bond acceptors (Lipinski definition) is 4. The number of furan rings is 1. The minimum absolute atomic E-state index is 0.784. The normalized spacial score (nSPS) is 12.3. The second kappa shape index (κ2) is 8.92. The molecule has 35 heavy (non-hydrogen) atoms. The first-order valence-electron chi connectivity index (χ1n) is 11.8. The van der Waals surface area contributed by atoms with E-state index in [0.29, 0.717) is 0 Å². The number of fused-ring (bicyclic) bond motifs is 3. The maximum Gasteiger partial charge on any atom is 0.333 e. The van der Waals surface area contributed by atoms with Gasteiger partial charge in [0.1, 0.15) is 11.2 Å². The standard InChI is InChI=1S/C30H29BNO3/c1-29(2,33)30(3,4)35-31-25-19-28-24(23-12-8-9-13-27(23)34-28)18-26(25)32-22-16-14-21(15-17-22)20-10-6-5-7-11-20/h5-19,32-33H,1-4H3. The highest BCUT2D eigenvalue weighted by Gasteiger charge is 2.36. The van der Waals surface area contributed by atoms with E-state index in [1.54, 1.807) is 21.3 Å². The SMILES string of the molecule is CC(C)(O)C(C)(C)O[B]c1cc2oc3ccccc3c2cc1Nc1ccc(-c2ccccc2)cc1. The molecule has 4 aromatic carbocycles. The molecule has 0 spiro atoms. The van der Waals surface area contributed by atoms with E-state index in [2.05, 4.69) is 53.8 Å². The van der Waals surface area contributed by atoms with Crippen molar-refractivity contribution < 1.29 is 14.2 Å². The third kappa shape index (κ3) is 4.70. The second-order valence-electron chi connectivity index (χ2n) is 9.91. The molecule has 4 nitrogen and oxygen atoms in total. The summed E-state index contributed by atoms with van der Waals surface area (Å²) in [6, 6.07) is 30.8. The summed E-state index contributed by atoms with van der Waals surface area (Å²) in [5.41, 5.74) is 4.86. The molecule has 1 aromatic heterocycles. The summed E-state index contributed by atoms with van der Waals surface area (Å²) in [5.74, 6) is 0. The van der Waals surface area contributed by atoms with Crippen LogP contribution in [0.1, 0.15) is 27.7 Å². The zero-order valence-electron chi connectivity index (χ0n) is 20.5. The van der Waals surface area contributed by atoms with Crippen LogP contribution >= 0.6 is 0 Å².